The number of likely N-dealkylation sites (tertiary alicyclic amines) is 1. The van der Waals surface area contributed by atoms with Gasteiger partial charge in [-0.1, -0.05) is 36.4 Å². The summed E-state index contributed by atoms with van der Waals surface area (Å²) >= 11 is 0. The van der Waals surface area contributed by atoms with Gasteiger partial charge in [0.15, 0.2) is 17.6 Å². The monoisotopic (exact) mass is 549 g/mol. The SMILES string of the molecule is O=[N+]([O-])c1ccc(Cn2c3c(c4ccccc42)C[C@@]2(O)[C@H]4Cc5ccc(O)c6c5[C@@]2(CCN4CC2CC2)[C@H]3O6)cc1. The molecule has 3 aromatic carbocycles. The Morgan fingerprint density at radius 2 is 1.88 bits per heavy atom. The van der Waals surface area contributed by atoms with Gasteiger partial charge in [-0.05, 0) is 67.0 Å². The van der Waals surface area contributed by atoms with Crippen molar-refractivity contribution in [3.63, 3.8) is 0 Å². The van der Waals surface area contributed by atoms with Gasteiger partial charge in [-0.15, -0.1) is 0 Å². The second-order valence-corrected chi connectivity index (χ2v) is 12.8. The average molecular weight is 550 g/mol. The van der Waals surface area contributed by atoms with Gasteiger partial charge in [0.1, 0.15) is 0 Å². The molecule has 3 heterocycles. The number of ether oxygens (including phenoxy) is 1. The van der Waals surface area contributed by atoms with Gasteiger partial charge in [-0.2, -0.15) is 0 Å². The molecule has 208 valence electrons. The maximum absolute atomic E-state index is 13.1. The average Bonchev–Trinajstić information content (AvgIpc) is 3.64. The van der Waals surface area contributed by atoms with Gasteiger partial charge in [-0.25, -0.2) is 0 Å². The van der Waals surface area contributed by atoms with Gasteiger partial charge in [0, 0.05) is 54.2 Å². The number of fused-ring (bicyclic) bond motifs is 4. The highest BCUT2D eigenvalue weighted by Crippen LogP contribution is 2.69. The molecule has 0 amide bonds. The Hall–Kier alpha value is -3.88. The van der Waals surface area contributed by atoms with Crippen LogP contribution in [0, 0.1) is 16.0 Å². The topological polar surface area (TPSA) is 101 Å². The highest BCUT2D eigenvalue weighted by molar-refractivity contribution is 5.87. The largest absolute Gasteiger partial charge is 0.504 e. The number of aromatic nitrogens is 1. The summed E-state index contributed by atoms with van der Waals surface area (Å²) in [6, 6.07) is 18.8. The van der Waals surface area contributed by atoms with E-state index in [1.54, 1.807) is 18.2 Å². The molecule has 4 atom stereocenters. The van der Waals surface area contributed by atoms with Crippen molar-refractivity contribution in [3.8, 4) is 11.5 Å². The van der Waals surface area contributed by atoms with Gasteiger partial charge < -0.3 is 19.5 Å². The fourth-order valence-corrected chi connectivity index (χ4v) is 8.88. The molecule has 3 aliphatic carbocycles. The van der Waals surface area contributed by atoms with E-state index in [9.17, 15) is 20.3 Å². The Morgan fingerprint density at radius 1 is 1.07 bits per heavy atom. The molecule has 0 unspecified atom stereocenters. The van der Waals surface area contributed by atoms with Crippen LogP contribution in [0.4, 0.5) is 5.69 Å². The molecule has 9 rings (SSSR count). The van der Waals surface area contributed by atoms with Crippen LogP contribution in [0.15, 0.2) is 60.7 Å². The number of nitro benzene ring substituents is 1. The van der Waals surface area contributed by atoms with E-state index in [4.69, 9.17) is 4.74 Å². The van der Waals surface area contributed by atoms with E-state index in [1.165, 1.54) is 18.4 Å². The van der Waals surface area contributed by atoms with Gasteiger partial charge in [0.2, 0.25) is 0 Å². The summed E-state index contributed by atoms with van der Waals surface area (Å²) in [5, 5.41) is 36.5. The number of nitro groups is 1. The van der Waals surface area contributed by atoms with Crippen LogP contribution in [0.3, 0.4) is 0 Å². The number of piperidine rings is 1. The van der Waals surface area contributed by atoms with Crippen molar-refractivity contribution in [2.45, 2.75) is 61.8 Å². The molecule has 0 radical (unpaired) electrons. The molecular weight excluding hydrogens is 518 g/mol. The second-order valence-electron chi connectivity index (χ2n) is 12.8. The minimum absolute atomic E-state index is 0.0177. The first-order chi connectivity index (χ1) is 19.9. The lowest BCUT2D eigenvalue weighted by Gasteiger charge is -2.63. The Balaban J connectivity index is 1.27. The molecule has 1 saturated carbocycles. The third-order valence-electron chi connectivity index (χ3n) is 10.8. The van der Waals surface area contributed by atoms with E-state index in [2.05, 4.69) is 21.6 Å². The van der Waals surface area contributed by atoms with E-state index in [0.717, 1.165) is 65.1 Å². The molecule has 2 bridgehead atoms. The van der Waals surface area contributed by atoms with Gasteiger partial charge in [0.05, 0.1) is 21.6 Å². The summed E-state index contributed by atoms with van der Waals surface area (Å²) in [6.07, 6.45) is 4.13. The zero-order valence-electron chi connectivity index (χ0n) is 22.6. The number of aromatic hydroxyl groups is 1. The smallest absolute Gasteiger partial charge is 0.269 e. The normalized spacial score (nSPS) is 29.2. The summed E-state index contributed by atoms with van der Waals surface area (Å²) in [7, 11) is 0. The molecule has 2 fully saturated rings. The number of phenols is 1. The van der Waals surface area contributed by atoms with Crippen LogP contribution < -0.4 is 4.74 Å². The summed E-state index contributed by atoms with van der Waals surface area (Å²) in [5.74, 6) is 1.39. The van der Waals surface area contributed by atoms with Gasteiger partial charge in [0.25, 0.3) is 5.69 Å². The fourth-order valence-electron chi connectivity index (χ4n) is 8.88. The van der Waals surface area contributed by atoms with E-state index < -0.39 is 17.1 Å². The third-order valence-corrected chi connectivity index (χ3v) is 10.8. The molecule has 1 aromatic heterocycles. The quantitative estimate of drug-likeness (QED) is 0.268. The molecule has 41 heavy (non-hydrogen) atoms. The predicted molar refractivity (Wildman–Crippen MR) is 152 cm³/mol. The van der Waals surface area contributed by atoms with E-state index in [0.29, 0.717) is 18.7 Å². The van der Waals surface area contributed by atoms with Crippen LogP contribution in [0.1, 0.15) is 53.3 Å². The Labute approximate surface area is 236 Å². The van der Waals surface area contributed by atoms with Crippen LogP contribution in [-0.4, -0.2) is 49.3 Å². The number of non-ortho nitro benzene ring substituents is 1. The number of phenolic OH excluding ortho intramolecular Hbond substituents is 1. The van der Waals surface area contributed by atoms with Crippen LogP contribution in [0.2, 0.25) is 0 Å². The van der Waals surface area contributed by atoms with Gasteiger partial charge in [-0.3, -0.25) is 15.0 Å². The third kappa shape index (κ3) is 2.96. The molecule has 8 heteroatoms. The van der Waals surface area contributed by atoms with Crippen LogP contribution in [-0.2, 0) is 24.8 Å². The van der Waals surface area contributed by atoms with Crippen molar-refractivity contribution >= 4 is 16.6 Å². The molecule has 1 spiro atoms. The first-order valence-corrected chi connectivity index (χ1v) is 14.7. The number of para-hydroxylation sites is 1. The van der Waals surface area contributed by atoms with Crippen molar-refractivity contribution in [3.05, 3.63) is 98.7 Å². The highest BCUT2D eigenvalue weighted by Gasteiger charge is 2.73. The number of benzene rings is 3. The summed E-state index contributed by atoms with van der Waals surface area (Å²) < 4.78 is 9.13. The number of aliphatic hydroxyl groups is 1. The molecule has 1 saturated heterocycles. The molecule has 2 N–H and O–H groups in total. The predicted octanol–water partition coefficient (Wildman–Crippen LogP) is 5.00. The van der Waals surface area contributed by atoms with Crippen molar-refractivity contribution in [1.29, 1.82) is 0 Å². The zero-order valence-corrected chi connectivity index (χ0v) is 22.6. The summed E-state index contributed by atoms with van der Waals surface area (Å²) in [4.78, 5) is 13.4. The maximum Gasteiger partial charge on any atom is 0.269 e. The Bertz CT molecular complexity index is 1780. The van der Waals surface area contributed by atoms with Crippen molar-refractivity contribution in [1.82, 2.24) is 9.47 Å². The summed E-state index contributed by atoms with van der Waals surface area (Å²) in [5.41, 5.74) is 4.73. The van der Waals surface area contributed by atoms with Crippen LogP contribution in [0.25, 0.3) is 10.9 Å². The first-order valence-electron chi connectivity index (χ1n) is 14.7. The molecule has 5 aliphatic rings. The minimum Gasteiger partial charge on any atom is -0.504 e. The van der Waals surface area contributed by atoms with Crippen LogP contribution >= 0.6 is 0 Å². The van der Waals surface area contributed by atoms with Crippen molar-refractivity contribution < 1.29 is 19.9 Å². The van der Waals surface area contributed by atoms with E-state index >= 15 is 0 Å². The Morgan fingerprint density at radius 3 is 2.66 bits per heavy atom. The molecule has 8 nitrogen and oxygen atoms in total. The van der Waals surface area contributed by atoms with Gasteiger partial charge >= 0.3 is 0 Å². The second kappa shape index (κ2) is 7.89. The zero-order chi connectivity index (χ0) is 27.7. The molecule has 2 aliphatic heterocycles. The highest BCUT2D eigenvalue weighted by atomic mass is 16.6. The minimum atomic E-state index is -1.04. The van der Waals surface area contributed by atoms with E-state index in [1.807, 2.05) is 30.3 Å². The molecule has 4 aromatic rings. The number of hydrogen-bond donors (Lipinski definition) is 2. The number of hydrogen-bond acceptors (Lipinski definition) is 6. The number of rotatable bonds is 5. The fraction of sp³-hybridized carbons (Fsp3) is 0.394. The lowest BCUT2D eigenvalue weighted by molar-refractivity contribution is -0.384. The van der Waals surface area contributed by atoms with Crippen molar-refractivity contribution in [2.75, 3.05) is 13.1 Å². The standard InChI is InChI=1S/C33H31N3O5/c37-26-12-9-21-15-27-33(38)16-24-23-3-1-2-4-25(23)35(18-20-7-10-22(11-8-20)36(39)40)29(24)31-32(33,28(21)30(26)41-31)13-14-34(27)17-19-5-6-19/h1-4,7-12,19,27,31,37-38H,5-6,13-18H2/t27-,31+,32+,33-/m1/s1. The lowest BCUT2D eigenvalue weighted by atomic mass is 9.49. The van der Waals surface area contributed by atoms with E-state index in [-0.39, 0.29) is 22.4 Å². The lowest BCUT2D eigenvalue weighted by Crippen LogP contribution is -2.74. The Kier molecular flexibility index (Phi) is 4.58. The first kappa shape index (κ1) is 23.8. The van der Waals surface area contributed by atoms with Crippen LogP contribution in [0.5, 0.6) is 11.5 Å². The van der Waals surface area contributed by atoms with Crippen molar-refractivity contribution in [2.24, 2.45) is 5.92 Å². The molecular formula is C33H31N3O5. The summed E-state index contributed by atoms with van der Waals surface area (Å²) in [6.45, 7) is 2.45. The number of nitrogens with zero attached hydrogens (tertiary/aromatic N) is 3. The maximum atomic E-state index is 13.1.